The minimum absolute atomic E-state index is 0.0926. The number of carbonyl (C=O) groups is 1. The quantitative estimate of drug-likeness (QED) is 0.807. The first kappa shape index (κ1) is 14.5. The zero-order chi connectivity index (χ0) is 15.1. The highest BCUT2D eigenvalue weighted by Gasteiger charge is 2.05. The summed E-state index contributed by atoms with van der Waals surface area (Å²) in [5.74, 6) is -0.0926. The number of amides is 1. The van der Waals surface area contributed by atoms with E-state index in [-0.39, 0.29) is 5.91 Å². The minimum atomic E-state index is -0.0926. The molecule has 0 bridgehead atoms. The van der Waals surface area contributed by atoms with E-state index in [9.17, 15) is 4.79 Å². The van der Waals surface area contributed by atoms with Crippen molar-refractivity contribution in [2.45, 2.75) is 6.54 Å². The van der Waals surface area contributed by atoms with E-state index in [4.69, 9.17) is 5.26 Å². The molecule has 4 nitrogen and oxygen atoms in total. The monoisotopic (exact) mass is 277 g/mol. The lowest BCUT2D eigenvalue weighted by atomic mass is 10.1. The molecular weight excluding hydrogens is 262 g/mol. The molecule has 0 aliphatic carbocycles. The topological polar surface area (TPSA) is 57.0 Å². The van der Waals surface area contributed by atoms with Crippen LogP contribution in [0.25, 0.3) is 6.08 Å². The number of benzene rings is 1. The molecule has 0 unspecified atom stereocenters. The van der Waals surface area contributed by atoms with E-state index in [1.165, 1.54) is 6.08 Å². The van der Waals surface area contributed by atoms with Crippen LogP contribution < -0.4 is 0 Å². The van der Waals surface area contributed by atoms with Crippen LogP contribution in [-0.2, 0) is 11.3 Å². The molecule has 2 rings (SSSR count). The number of hydrogen-bond acceptors (Lipinski definition) is 3. The first-order chi connectivity index (χ1) is 10.2. The van der Waals surface area contributed by atoms with E-state index in [1.807, 2.05) is 30.3 Å². The fraction of sp³-hybridized carbons (Fsp3) is 0.118. The number of aromatic nitrogens is 1. The number of pyridine rings is 1. The molecule has 0 radical (unpaired) electrons. The number of nitrogens with zero attached hydrogens (tertiary/aromatic N) is 3. The lowest BCUT2D eigenvalue weighted by Gasteiger charge is -2.15. The Labute approximate surface area is 124 Å². The molecule has 1 amide bonds. The molecule has 0 N–H and O–H groups in total. The SMILES string of the molecule is CN(Cc1ccc(C#N)cc1)C(=O)C=Cc1ccccn1. The first-order valence-corrected chi connectivity index (χ1v) is 6.52. The van der Waals surface area contributed by atoms with Crippen LogP contribution in [0.2, 0.25) is 0 Å². The molecule has 0 atom stereocenters. The van der Waals surface area contributed by atoms with Crippen molar-refractivity contribution < 1.29 is 4.79 Å². The van der Waals surface area contributed by atoms with Crippen molar-refractivity contribution in [1.82, 2.24) is 9.88 Å². The largest absolute Gasteiger partial charge is 0.338 e. The van der Waals surface area contributed by atoms with Gasteiger partial charge in [-0.1, -0.05) is 18.2 Å². The van der Waals surface area contributed by atoms with E-state index in [0.717, 1.165) is 11.3 Å². The Balaban J connectivity index is 1.96. The summed E-state index contributed by atoms with van der Waals surface area (Å²) in [4.78, 5) is 17.7. The van der Waals surface area contributed by atoms with Gasteiger partial charge in [0.15, 0.2) is 0 Å². The smallest absolute Gasteiger partial charge is 0.246 e. The molecule has 0 saturated carbocycles. The summed E-state index contributed by atoms with van der Waals surface area (Å²) in [7, 11) is 1.74. The van der Waals surface area contributed by atoms with Crippen molar-refractivity contribution in [1.29, 1.82) is 5.26 Å². The highest BCUT2D eigenvalue weighted by Crippen LogP contribution is 2.07. The first-order valence-electron chi connectivity index (χ1n) is 6.52. The van der Waals surface area contributed by atoms with Gasteiger partial charge in [0, 0.05) is 25.9 Å². The fourth-order valence-electron chi connectivity index (χ4n) is 1.79. The van der Waals surface area contributed by atoms with E-state index in [2.05, 4.69) is 11.1 Å². The van der Waals surface area contributed by atoms with E-state index in [0.29, 0.717) is 12.1 Å². The summed E-state index contributed by atoms with van der Waals surface area (Å²) in [5.41, 5.74) is 2.34. The van der Waals surface area contributed by atoms with Crippen LogP contribution in [0.1, 0.15) is 16.8 Å². The zero-order valence-electron chi connectivity index (χ0n) is 11.7. The van der Waals surface area contributed by atoms with E-state index < -0.39 is 0 Å². The molecule has 1 aromatic heterocycles. The maximum atomic E-state index is 12.0. The summed E-state index contributed by atoms with van der Waals surface area (Å²) in [5, 5.41) is 8.75. The molecule has 0 aliphatic rings. The van der Waals surface area contributed by atoms with Crippen LogP contribution in [0.4, 0.5) is 0 Å². The maximum Gasteiger partial charge on any atom is 0.246 e. The van der Waals surface area contributed by atoms with Crippen molar-refractivity contribution in [2.75, 3.05) is 7.05 Å². The summed E-state index contributed by atoms with van der Waals surface area (Å²) in [6, 6.07) is 14.8. The van der Waals surface area contributed by atoms with Crippen molar-refractivity contribution in [2.24, 2.45) is 0 Å². The van der Waals surface area contributed by atoms with Crippen molar-refractivity contribution in [3.8, 4) is 6.07 Å². The molecule has 21 heavy (non-hydrogen) atoms. The Morgan fingerprint density at radius 2 is 2.05 bits per heavy atom. The molecule has 104 valence electrons. The van der Waals surface area contributed by atoms with Crippen LogP contribution in [-0.4, -0.2) is 22.8 Å². The van der Waals surface area contributed by atoms with Gasteiger partial charge >= 0.3 is 0 Å². The van der Waals surface area contributed by atoms with Gasteiger partial charge in [0.1, 0.15) is 0 Å². The molecule has 2 aromatic rings. The zero-order valence-corrected chi connectivity index (χ0v) is 11.7. The van der Waals surface area contributed by atoms with Gasteiger partial charge in [-0.3, -0.25) is 9.78 Å². The predicted molar refractivity (Wildman–Crippen MR) is 80.9 cm³/mol. The number of rotatable bonds is 4. The van der Waals surface area contributed by atoms with Gasteiger partial charge in [-0.25, -0.2) is 0 Å². The second-order valence-corrected chi connectivity index (χ2v) is 4.59. The van der Waals surface area contributed by atoms with Crippen LogP contribution in [0.5, 0.6) is 0 Å². The molecule has 4 heteroatoms. The Morgan fingerprint density at radius 1 is 1.29 bits per heavy atom. The molecular formula is C17H15N3O. The predicted octanol–water partition coefficient (Wildman–Crippen LogP) is 2.63. The number of hydrogen-bond donors (Lipinski definition) is 0. The third-order valence-corrected chi connectivity index (χ3v) is 2.96. The Bertz CT molecular complexity index is 669. The molecule has 0 saturated heterocycles. The average Bonchev–Trinajstić information content (AvgIpc) is 2.54. The summed E-state index contributed by atoms with van der Waals surface area (Å²) in [6.45, 7) is 0.497. The van der Waals surface area contributed by atoms with Crippen molar-refractivity contribution >= 4 is 12.0 Å². The molecule has 0 fully saturated rings. The van der Waals surface area contributed by atoms with Gasteiger partial charge in [-0.2, -0.15) is 5.26 Å². The second kappa shape index (κ2) is 7.01. The van der Waals surface area contributed by atoms with E-state index in [1.54, 1.807) is 36.4 Å². The molecule has 0 aliphatic heterocycles. The molecule has 0 spiro atoms. The van der Waals surface area contributed by atoms with Gasteiger partial charge < -0.3 is 4.90 Å². The van der Waals surface area contributed by atoms with Gasteiger partial charge in [0.25, 0.3) is 0 Å². The van der Waals surface area contributed by atoms with Crippen LogP contribution >= 0.6 is 0 Å². The minimum Gasteiger partial charge on any atom is -0.338 e. The molecule has 1 heterocycles. The highest BCUT2D eigenvalue weighted by atomic mass is 16.2. The lowest BCUT2D eigenvalue weighted by molar-refractivity contribution is -0.125. The van der Waals surface area contributed by atoms with E-state index >= 15 is 0 Å². The molecule has 1 aromatic carbocycles. The summed E-state index contributed by atoms with van der Waals surface area (Å²) in [6.07, 6.45) is 4.88. The summed E-state index contributed by atoms with van der Waals surface area (Å²) < 4.78 is 0. The van der Waals surface area contributed by atoms with Crippen LogP contribution in [0, 0.1) is 11.3 Å². The van der Waals surface area contributed by atoms with Gasteiger partial charge in [-0.15, -0.1) is 0 Å². The van der Waals surface area contributed by atoms with Gasteiger partial charge in [-0.05, 0) is 35.9 Å². The number of likely N-dealkylation sites (N-methyl/N-ethyl adjacent to an activating group) is 1. The fourth-order valence-corrected chi connectivity index (χ4v) is 1.79. The van der Waals surface area contributed by atoms with Crippen LogP contribution in [0.3, 0.4) is 0 Å². The number of carbonyl (C=O) groups excluding carboxylic acids is 1. The van der Waals surface area contributed by atoms with Crippen molar-refractivity contribution in [3.63, 3.8) is 0 Å². The van der Waals surface area contributed by atoms with Crippen molar-refractivity contribution in [3.05, 3.63) is 71.6 Å². The highest BCUT2D eigenvalue weighted by molar-refractivity contribution is 5.91. The summed E-state index contributed by atoms with van der Waals surface area (Å²) >= 11 is 0. The Morgan fingerprint density at radius 3 is 2.67 bits per heavy atom. The Kier molecular flexibility index (Phi) is 4.84. The second-order valence-electron chi connectivity index (χ2n) is 4.59. The third-order valence-electron chi connectivity index (χ3n) is 2.96. The number of nitriles is 1. The van der Waals surface area contributed by atoms with Gasteiger partial charge in [0.05, 0.1) is 17.3 Å². The Hall–Kier alpha value is -2.93. The van der Waals surface area contributed by atoms with Gasteiger partial charge in [0.2, 0.25) is 5.91 Å². The van der Waals surface area contributed by atoms with Crippen LogP contribution in [0.15, 0.2) is 54.7 Å². The normalized spacial score (nSPS) is 10.3. The third kappa shape index (κ3) is 4.29. The maximum absolute atomic E-state index is 12.0. The lowest BCUT2D eigenvalue weighted by Crippen LogP contribution is -2.24. The average molecular weight is 277 g/mol. The standard InChI is InChI=1S/C17H15N3O/c1-20(13-15-7-5-14(12-18)6-8-15)17(21)10-9-16-4-2-3-11-19-16/h2-11H,13H2,1H3.